The molecular weight excluding hydrogens is 432 g/mol. The Morgan fingerprint density at radius 1 is 1.29 bits per heavy atom. The van der Waals surface area contributed by atoms with Crippen LogP contribution in [0.4, 0.5) is 5.69 Å². The molecule has 4 atom stereocenters. The van der Waals surface area contributed by atoms with E-state index < -0.39 is 5.54 Å². The van der Waals surface area contributed by atoms with Crippen LogP contribution in [-0.4, -0.2) is 65.5 Å². The van der Waals surface area contributed by atoms with Gasteiger partial charge in [-0.3, -0.25) is 9.69 Å². The monoisotopic (exact) mass is 462 g/mol. The number of nitrogens with one attached hydrogen (secondary N) is 1. The predicted octanol–water partition coefficient (Wildman–Crippen LogP) is 3.31. The number of benzene rings is 1. The van der Waals surface area contributed by atoms with E-state index in [-0.39, 0.29) is 29.6 Å². The molecule has 1 spiro atoms. The number of ketones is 1. The number of piperidine rings is 1. The minimum atomic E-state index is -0.723. The molecule has 34 heavy (non-hydrogen) atoms. The normalized spacial score (nSPS) is 28.4. The second-order valence-electron chi connectivity index (χ2n) is 9.35. The topological polar surface area (TPSA) is 93.6 Å². The lowest BCUT2D eigenvalue weighted by Gasteiger charge is -2.45. The highest BCUT2D eigenvalue weighted by Gasteiger charge is 2.59. The highest BCUT2D eigenvalue weighted by atomic mass is 16.5. The first-order valence-corrected chi connectivity index (χ1v) is 11.8. The second kappa shape index (κ2) is 8.83. The SMILES string of the molecule is CC[C@@H]1CN2CC[C@]3(Nc4cccc(-c5cncnc5)c4C3=O)[C@@H]2C[C@@H]1/C(=C\OC)C(=O)OC. The van der Waals surface area contributed by atoms with Gasteiger partial charge in [0.2, 0.25) is 0 Å². The van der Waals surface area contributed by atoms with Gasteiger partial charge in [0.1, 0.15) is 11.9 Å². The number of anilines is 1. The van der Waals surface area contributed by atoms with E-state index in [0.717, 1.165) is 42.7 Å². The number of aromatic nitrogens is 2. The number of hydrogen-bond donors (Lipinski definition) is 1. The molecule has 3 aliphatic rings. The lowest BCUT2D eigenvalue weighted by molar-refractivity contribution is -0.137. The van der Waals surface area contributed by atoms with E-state index in [4.69, 9.17) is 9.47 Å². The Bertz CT molecular complexity index is 1130. The molecule has 178 valence electrons. The van der Waals surface area contributed by atoms with Crippen LogP contribution in [0.15, 0.2) is 48.8 Å². The molecule has 8 nitrogen and oxygen atoms in total. The summed E-state index contributed by atoms with van der Waals surface area (Å²) in [7, 11) is 2.94. The molecule has 0 radical (unpaired) electrons. The number of Topliss-reactive ketones (excluding diaryl/α,β-unsaturated/α-hetero) is 1. The fourth-order valence-electron chi connectivity index (χ4n) is 6.22. The number of fused-ring (bicyclic) bond motifs is 3. The Hall–Kier alpha value is -3.26. The van der Waals surface area contributed by atoms with Crippen LogP contribution in [0.2, 0.25) is 0 Å². The fourth-order valence-corrected chi connectivity index (χ4v) is 6.22. The van der Waals surface area contributed by atoms with Crippen molar-refractivity contribution in [1.29, 1.82) is 0 Å². The van der Waals surface area contributed by atoms with Crippen LogP contribution in [0.5, 0.6) is 0 Å². The molecule has 0 amide bonds. The average Bonchev–Trinajstić information content (AvgIpc) is 3.38. The molecule has 1 aromatic carbocycles. The molecule has 1 N–H and O–H groups in total. The van der Waals surface area contributed by atoms with Crippen molar-refractivity contribution < 1.29 is 19.1 Å². The third-order valence-corrected chi connectivity index (χ3v) is 7.83. The Morgan fingerprint density at radius 2 is 2.09 bits per heavy atom. The van der Waals surface area contributed by atoms with Crippen molar-refractivity contribution in [3.05, 3.63) is 54.3 Å². The number of rotatable bonds is 5. The van der Waals surface area contributed by atoms with Crippen molar-refractivity contribution in [2.45, 2.75) is 37.8 Å². The van der Waals surface area contributed by atoms with Gasteiger partial charge in [-0.05, 0) is 36.3 Å². The van der Waals surface area contributed by atoms with E-state index >= 15 is 0 Å². The summed E-state index contributed by atoms with van der Waals surface area (Å²) < 4.78 is 10.3. The number of nitrogens with zero attached hydrogens (tertiary/aromatic N) is 3. The Labute approximate surface area is 199 Å². The van der Waals surface area contributed by atoms with Gasteiger partial charge in [0, 0.05) is 42.8 Å². The average molecular weight is 463 g/mol. The van der Waals surface area contributed by atoms with Crippen LogP contribution >= 0.6 is 0 Å². The molecule has 2 saturated heterocycles. The van der Waals surface area contributed by atoms with Crippen LogP contribution in [-0.2, 0) is 14.3 Å². The molecule has 3 aliphatic heterocycles. The number of carbonyl (C=O) groups is 2. The van der Waals surface area contributed by atoms with Gasteiger partial charge < -0.3 is 14.8 Å². The zero-order chi connectivity index (χ0) is 23.9. The minimum absolute atomic E-state index is 0.0371. The molecule has 2 fully saturated rings. The summed E-state index contributed by atoms with van der Waals surface area (Å²) in [6.07, 6.45) is 8.81. The lowest BCUT2D eigenvalue weighted by Crippen LogP contribution is -2.57. The zero-order valence-electron chi connectivity index (χ0n) is 19.8. The summed E-state index contributed by atoms with van der Waals surface area (Å²) in [5.74, 6) is -0.0265. The summed E-state index contributed by atoms with van der Waals surface area (Å²) in [5.41, 5.74) is 3.05. The summed E-state index contributed by atoms with van der Waals surface area (Å²) >= 11 is 0. The minimum Gasteiger partial charge on any atom is -0.504 e. The summed E-state index contributed by atoms with van der Waals surface area (Å²) in [4.78, 5) is 37.5. The summed E-state index contributed by atoms with van der Waals surface area (Å²) in [6, 6.07) is 5.85. The van der Waals surface area contributed by atoms with Crippen LogP contribution in [0.1, 0.15) is 36.5 Å². The van der Waals surface area contributed by atoms with Crippen molar-refractivity contribution in [2.75, 3.05) is 32.6 Å². The van der Waals surface area contributed by atoms with Gasteiger partial charge in [-0.15, -0.1) is 0 Å². The highest BCUT2D eigenvalue weighted by Crippen LogP contribution is 2.50. The lowest BCUT2D eigenvalue weighted by atomic mass is 9.71. The maximum atomic E-state index is 14.2. The number of esters is 1. The number of carbonyl (C=O) groups excluding carboxylic acids is 2. The third-order valence-electron chi connectivity index (χ3n) is 7.83. The first-order chi connectivity index (χ1) is 16.5. The van der Waals surface area contributed by atoms with E-state index in [9.17, 15) is 9.59 Å². The van der Waals surface area contributed by atoms with E-state index in [1.54, 1.807) is 19.5 Å². The first-order valence-electron chi connectivity index (χ1n) is 11.8. The molecule has 4 heterocycles. The van der Waals surface area contributed by atoms with Crippen LogP contribution in [0.25, 0.3) is 11.1 Å². The second-order valence-corrected chi connectivity index (χ2v) is 9.35. The Balaban J connectivity index is 1.53. The predicted molar refractivity (Wildman–Crippen MR) is 127 cm³/mol. The van der Waals surface area contributed by atoms with Crippen molar-refractivity contribution in [3.63, 3.8) is 0 Å². The number of methoxy groups -OCH3 is 2. The number of ether oxygens (including phenoxy) is 2. The summed E-state index contributed by atoms with van der Waals surface area (Å²) in [5, 5.41) is 3.64. The first kappa shape index (κ1) is 22.5. The Morgan fingerprint density at radius 3 is 2.79 bits per heavy atom. The molecule has 5 rings (SSSR count). The maximum Gasteiger partial charge on any atom is 0.337 e. The van der Waals surface area contributed by atoms with E-state index in [0.29, 0.717) is 17.6 Å². The van der Waals surface area contributed by atoms with Crippen LogP contribution in [0, 0.1) is 11.8 Å². The highest BCUT2D eigenvalue weighted by molar-refractivity contribution is 6.18. The molecule has 8 heteroatoms. The molecule has 0 saturated carbocycles. The van der Waals surface area contributed by atoms with Crippen molar-refractivity contribution in [1.82, 2.24) is 14.9 Å². The van der Waals surface area contributed by atoms with Gasteiger partial charge in [0.05, 0.1) is 31.6 Å². The Kier molecular flexibility index (Phi) is 5.85. The van der Waals surface area contributed by atoms with Crippen molar-refractivity contribution in [3.8, 4) is 11.1 Å². The maximum absolute atomic E-state index is 14.2. The zero-order valence-corrected chi connectivity index (χ0v) is 19.8. The van der Waals surface area contributed by atoms with Gasteiger partial charge in [-0.25, -0.2) is 14.8 Å². The summed E-state index contributed by atoms with van der Waals surface area (Å²) in [6.45, 7) is 3.82. The van der Waals surface area contributed by atoms with Gasteiger partial charge in [0.15, 0.2) is 5.78 Å². The molecule has 1 aromatic heterocycles. The van der Waals surface area contributed by atoms with Crippen LogP contribution < -0.4 is 5.32 Å². The molecular formula is C26H30N4O4. The van der Waals surface area contributed by atoms with E-state index in [2.05, 4.69) is 27.1 Å². The van der Waals surface area contributed by atoms with Gasteiger partial charge in [0.25, 0.3) is 0 Å². The van der Waals surface area contributed by atoms with Crippen molar-refractivity contribution in [2.24, 2.45) is 11.8 Å². The quantitative estimate of drug-likeness (QED) is 0.411. The van der Waals surface area contributed by atoms with E-state index in [1.807, 2.05) is 18.2 Å². The smallest absolute Gasteiger partial charge is 0.337 e. The van der Waals surface area contributed by atoms with Crippen molar-refractivity contribution >= 4 is 17.4 Å². The third kappa shape index (κ3) is 3.39. The van der Waals surface area contributed by atoms with Gasteiger partial charge >= 0.3 is 5.97 Å². The fraction of sp³-hybridized carbons (Fsp3) is 0.462. The van der Waals surface area contributed by atoms with Crippen LogP contribution in [0.3, 0.4) is 0 Å². The standard InChI is InChI=1S/C26H30N4O4/c1-4-16-13-30-9-8-26(22(30)10-19(16)20(14-33-2)25(32)34-3)24(31)23-18(6-5-7-21(23)29-26)17-11-27-15-28-12-17/h5-7,11-12,14-16,19,22,29H,4,8-10,13H2,1-3H3/b20-14+/t16-,19+,22+,26+/m1/s1. The molecule has 0 unspecified atom stereocenters. The van der Waals surface area contributed by atoms with Gasteiger partial charge in [-0.1, -0.05) is 25.5 Å². The molecule has 0 aliphatic carbocycles. The van der Waals surface area contributed by atoms with E-state index in [1.165, 1.54) is 19.7 Å². The number of hydrogen-bond acceptors (Lipinski definition) is 8. The molecule has 0 bridgehead atoms. The largest absolute Gasteiger partial charge is 0.504 e. The molecule has 2 aromatic rings. The van der Waals surface area contributed by atoms with Gasteiger partial charge in [-0.2, -0.15) is 0 Å².